The number of alkyl halides is 3. The number of nitrogens with one attached hydrogen (secondary N) is 1. The Morgan fingerprint density at radius 3 is 2.50 bits per heavy atom. The van der Waals surface area contributed by atoms with Gasteiger partial charge >= 0.3 is 6.18 Å². The Kier molecular flexibility index (Phi) is 5.69. The zero-order chi connectivity index (χ0) is 17.7. The van der Waals surface area contributed by atoms with Crippen molar-refractivity contribution in [3.63, 3.8) is 0 Å². The maximum absolute atomic E-state index is 13.2. The van der Waals surface area contributed by atoms with Crippen LogP contribution < -0.4 is 10.1 Å². The van der Waals surface area contributed by atoms with E-state index in [9.17, 15) is 22.8 Å². The van der Waals surface area contributed by atoms with Crippen LogP contribution in [0.5, 0.6) is 5.75 Å². The van der Waals surface area contributed by atoms with Crippen LogP contribution in [0.2, 0.25) is 0 Å². The van der Waals surface area contributed by atoms with E-state index in [1.165, 1.54) is 6.92 Å². The summed E-state index contributed by atoms with van der Waals surface area (Å²) in [5.74, 6) is -0.681. The molecule has 1 aromatic rings. The van der Waals surface area contributed by atoms with Gasteiger partial charge in [-0.05, 0) is 25.0 Å². The Hall–Kier alpha value is -2.25. The summed E-state index contributed by atoms with van der Waals surface area (Å²) in [6.07, 6.45) is -4.58. The van der Waals surface area contributed by atoms with Gasteiger partial charge in [0.15, 0.2) is 6.61 Å². The smallest absolute Gasteiger partial charge is 0.408 e. The molecule has 8 heteroatoms. The molecule has 1 aliphatic rings. The summed E-state index contributed by atoms with van der Waals surface area (Å²) in [6, 6.07) is 6.06. The van der Waals surface area contributed by atoms with Gasteiger partial charge in [0, 0.05) is 19.5 Å². The molecular formula is C16H19F3N2O3. The minimum atomic E-state index is -4.51. The first-order chi connectivity index (χ1) is 11.3. The first kappa shape index (κ1) is 18.1. The number of hydrogen-bond donors (Lipinski definition) is 1. The number of carbonyl (C=O) groups excluding carboxylic acids is 2. The van der Waals surface area contributed by atoms with Crippen LogP contribution >= 0.6 is 0 Å². The van der Waals surface area contributed by atoms with Gasteiger partial charge in [-0.15, -0.1) is 0 Å². The lowest BCUT2D eigenvalue weighted by atomic mass is 9.97. The van der Waals surface area contributed by atoms with Gasteiger partial charge in [0.05, 0.1) is 0 Å². The fourth-order valence-electron chi connectivity index (χ4n) is 2.74. The molecule has 0 aromatic heterocycles. The highest BCUT2D eigenvalue weighted by molar-refractivity contribution is 5.79. The van der Waals surface area contributed by atoms with Gasteiger partial charge in [-0.1, -0.05) is 18.2 Å². The molecule has 0 unspecified atom stereocenters. The van der Waals surface area contributed by atoms with Gasteiger partial charge in [-0.3, -0.25) is 9.59 Å². The Labute approximate surface area is 137 Å². The molecule has 2 atom stereocenters. The molecule has 1 aliphatic heterocycles. The zero-order valence-electron chi connectivity index (χ0n) is 13.2. The molecule has 1 saturated heterocycles. The van der Waals surface area contributed by atoms with Crippen LogP contribution in [-0.2, 0) is 9.59 Å². The van der Waals surface area contributed by atoms with Crippen molar-refractivity contribution in [1.82, 2.24) is 10.2 Å². The molecule has 0 aliphatic carbocycles. The van der Waals surface area contributed by atoms with E-state index in [0.29, 0.717) is 5.75 Å². The van der Waals surface area contributed by atoms with Crippen molar-refractivity contribution in [1.29, 1.82) is 0 Å². The largest absolute Gasteiger partial charge is 0.484 e. The third-order valence-corrected chi connectivity index (χ3v) is 3.79. The van der Waals surface area contributed by atoms with Crippen molar-refractivity contribution in [2.75, 3.05) is 13.2 Å². The summed E-state index contributed by atoms with van der Waals surface area (Å²) in [6.45, 7) is 0.630. The fourth-order valence-corrected chi connectivity index (χ4v) is 2.74. The Morgan fingerprint density at radius 1 is 1.25 bits per heavy atom. The Bertz CT molecular complexity index is 578. The van der Waals surface area contributed by atoms with E-state index in [4.69, 9.17) is 4.74 Å². The molecule has 0 spiro atoms. The highest BCUT2D eigenvalue weighted by Gasteiger charge is 2.48. The van der Waals surface area contributed by atoms with Crippen molar-refractivity contribution in [2.24, 2.45) is 0 Å². The van der Waals surface area contributed by atoms with Crippen molar-refractivity contribution in [2.45, 2.75) is 38.0 Å². The highest BCUT2D eigenvalue weighted by atomic mass is 19.4. The molecule has 1 fully saturated rings. The van der Waals surface area contributed by atoms with Gasteiger partial charge in [0.1, 0.15) is 11.8 Å². The van der Waals surface area contributed by atoms with Crippen LogP contribution in [0, 0.1) is 0 Å². The molecule has 0 saturated carbocycles. The van der Waals surface area contributed by atoms with E-state index in [2.05, 4.69) is 5.32 Å². The molecular weight excluding hydrogens is 325 g/mol. The molecule has 0 radical (unpaired) electrons. The van der Waals surface area contributed by atoms with Gasteiger partial charge in [0.2, 0.25) is 5.91 Å². The summed E-state index contributed by atoms with van der Waals surface area (Å²) < 4.78 is 44.8. The number of ether oxygens (including phenoxy) is 1. The normalized spacial score (nSPS) is 21.2. The predicted molar refractivity (Wildman–Crippen MR) is 80.3 cm³/mol. The van der Waals surface area contributed by atoms with Crippen LogP contribution in [0.25, 0.3) is 0 Å². The number of hydrogen-bond acceptors (Lipinski definition) is 3. The van der Waals surface area contributed by atoms with Crippen molar-refractivity contribution in [3.8, 4) is 5.75 Å². The topological polar surface area (TPSA) is 58.6 Å². The average molecular weight is 344 g/mol. The number of carbonyl (C=O) groups is 2. The third-order valence-electron chi connectivity index (χ3n) is 3.79. The van der Waals surface area contributed by atoms with Crippen molar-refractivity contribution < 1.29 is 27.5 Å². The van der Waals surface area contributed by atoms with Gasteiger partial charge in [-0.2, -0.15) is 13.2 Å². The third kappa shape index (κ3) is 4.87. The van der Waals surface area contributed by atoms with Crippen LogP contribution in [0.1, 0.15) is 19.8 Å². The van der Waals surface area contributed by atoms with E-state index in [1.807, 2.05) is 0 Å². The molecule has 1 N–H and O–H groups in total. The van der Waals surface area contributed by atoms with Crippen LogP contribution in [-0.4, -0.2) is 48.1 Å². The molecule has 1 aromatic carbocycles. The highest BCUT2D eigenvalue weighted by Crippen LogP contribution is 2.32. The second-order valence-electron chi connectivity index (χ2n) is 5.68. The molecule has 24 heavy (non-hydrogen) atoms. The number of para-hydroxylation sites is 1. The van der Waals surface area contributed by atoms with Gasteiger partial charge < -0.3 is 15.0 Å². The summed E-state index contributed by atoms with van der Waals surface area (Å²) in [4.78, 5) is 24.1. The Morgan fingerprint density at radius 2 is 1.92 bits per heavy atom. The van der Waals surface area contributed by atoms with Gasteiger partial charge in [-0.25, -0.2) is 0 Å². The molecule has 0 bridgehead atoms. The number of halogens is 3. The van der Waals surface area contributed by atoms with E-state index < -0.39 is 30.8 Å². The van der Waals surface area contributed by atoms with E-state index in [0.717, 1.165) is 4.90 Å². The lowest BCUT2D eigenvalue weighted by Gasteiger charge is -2.40. The SMILES string of the molecule is CC(=O)N[C@@H]1CC[C@H](C(F)(F)F)N(C(=O)COc2ccccc2)C1. The maximum atomic E-state index is 13.2. The number of benzene rings is 1. The number of likely N-dealkylation sites (tertiary alicyclic amines) is 1. The molecule has 5 nitrogen and oxygen atoms in total. The molecule has 1 heterocycles. The van der Waals surface area contributed by atoms with Crippen LogP contribution in [0.4, 0.5) is 13.2 Å². The summed E-state index contributed by atoms with van der Waals surface area (Å²) in [5, 5.41) is 2.57. The molecule has 132 valence electrons. The Balaban J connectivity index is 2.04. The number of rotatable bonds is 4. The number of amides is 2. The van der Waals surface area contributed by atoms with Crippen LogP contribution in [0.3, 0.4) is 0 Å². The average Bonchev–Trinajstić information content (AvgIpc) is 2.52. The predicted octanol–water partition coefficient (Wildman–Crippen LogP) is 2.12. The lowest BCUT2D eigenvalue weighted by Crippen LogP contribution is -2.59. The molecule has 2 rings (SSSR count). The first-order valence-electron chi connectivity index (χ1n) is 7.58. The van der Waals surface area contributed by atoms with E-state index >= 15 is 0 Å². The van der Waals surface area contributed by atoms with E-state index in [-0.39, 0.29) is 25.3 Å². The number of nitrogens with zero attached hydrogens (tertiary/aromatic N) is 1. The second kappa shape index (κ2) is 7.55. The summed E-state index contributed by atoms with van der Waals surface area (Å²) in [5.41, 5.74) is 0. The van der Waals surface area contributed by atoms with Crippen molar-refractivity contribution in [3.05, 3.63) is 30.3 Å². The standard InChI is InChI=1S/C16H19F3N2O3/c1-11(22)20-12-7-8-14(16(17,18)19)21(9-12)15(23)10-24-13-5-3-2-4-6-13/h2-6,12,14H,7-10H2,1H3,(H,20,22)/t12-,14-/m1/s1. The quantitative estimate of drug-likeness (QED) is 0.910. The number of piperidine rings is 1. The summed E-state index contributed by atoms with van der Waals surface area (Å²) in [7, 11) is 0. The monoisotopic (exact) mass is 344 g/mol. The minimum Gasteiger partial charge on any atom is -0.484 e. The summed E-state index contributed by atoms with van der Waals surface area (Å²) >= 11 is 0. The second-order valence-corrected chi connectivity index (χ2v) is 5.68. The fraction of sp³-hybridized carbons (Fsp3) is 0.500. The van der Waals surface area contributed by atoms with Crippen LogP contribution in [0.15, 0.2) is 30.3 Å². The van der Waals surface area contributed by atoms with Crippen molar-refractivity contribution >= 4 is 11.8 Å². The zero-order valence-corrected chi connectivity index (χ0v) is 13.2. The van der Waals surface area contributed by atoms with Gasteiger partial charge in [0.25, 0.3) is 5.91 Å². The minimum absolute atomic E-state index is 0.174. The molecule has 2 amide bonds. The first-order valence-corrected chi connectivity index (χ1v) is 7.58. The maximum Gasteiger partial charge on any atom is 0.408 e. The van der Waals surface area contributed by atoms with E-state index in [1.54, 1.807) is 30.3 Å². The lowest BCUT2D eigenvalue weighted by molar-refractivity contribution is -0.198.